The molecule has 0 saturated carbocycles. The number of amides is 1. The normalized spacial score (nSPS) is 13.9. The maximum absolute atomic E-state index is 12.3. The van der Waals surface area contributed by atoms with E-state index in [2.05, 4.69) is 20.2 Å². The maximum atomic E-state index is 12.3. The average Bonchev–Trinajstić information content (AvgIpc) is 3.12. The molecule has 1 fully saturated rings. The van der Waals surface area contributed by atoms with Crippen molar-refractivity contribution in [3.8, 4) is 5.75 Å². The molecule has 6 nitrogen and oxygen atoms in total. The molecule has 23 heavy (non-hydrogen) atoms. The molecule has 6 heteroatoms. The lowest BCUT2D eigenvalue weighted by Crippen LogP contribution is -2.22. The lowest BCUT2D eigenvalue weighted by Gasteiger charge is -2.15. The van der Waals surface area contributed by atoms with Crippen LogP contribution >= 0.6 is 0 Å². The zero-order valence-electron chi connectivity index (χ0n) is 13.2. The maximum Gasteiger partial charge on any atom is 0.274 e. The summed E-state index contributed by atoms with van der Waals surface area (Å²) in [6.07, 6.45) is 3.92. The smallest absolute Gasteiger partial charge is 0.274 e. The highest BCUT2D eigenvalue weighted by molar-refractivity contribution is 6.03. The van der Waals surface area contributed by atoms with Crippen molar-refractivity contribution in [3.05, 3.63) is 42.2 Å². The number of hydrogen-bond donors (Lipinski definition) is 1. The van der Waals surface area contributed by atoms with Gasteiger partial charge in [0.25, 0.3) is 5.91 Å². The van der Waals surface area contributed by atoms with Crippen LogP contribution in [-0.4, -0.2) is 35.6 Å². The first kappa shape index (κ1) is 15.3. The van der Waals surface area contributed by atoms with Gasteiger partial charge >= 0.3 is 0 Å². The number of nitrogens with zero attached hydrogens (tertiary/aromatic N) is 3. The highest BCUT2D eigenvalue weighted by Crippen LogP contribution is 2.18. The number of nitrogens with one attached hydrogen (secondary N) is 1. The van der Waals surface area contributed by atoms with E-state index in [1.54, 1.807) is 12.3 Å². The third-order valence-electron chi connectivity index (χ3n) is 3.69. The van der Waals surface area contributed by atoms with Crippen molar-refractivity contribution in [2.24, 2.45) is 0 Å². The molecule has 3 rings (SSSR count). The summed E-state index contributed by atoms with van der Waals surface area (Å²) in [6.45, 7) is 4.45. The number of benzene rings is 1. The molecule has 2 heterocycles. The number of carbonyl (C=O) groups excluding carboxylic acids is 1. The fourth-order valence-corrected chi connectivity index (χ4v) is 2.54. The van der Waals surface area contributed by atoms with E-state index in [-0.39, 0.29) is 5.91 Å². The van der Waals surface area contributed by atoms with E-state index in [4.69, 9.17) is 4.74 Å². The van der Waals surface area contributed by atoms with Gasteiger partial charge in [-0.2, -0.15) is 0 Å². The van der Waals surface area contributed by atoms with Gasteiger partial charge < -0.3 is 15.0 Å². The molecular weight excluding hydrogens is 292 g/mol. The molecule has 0 bridgehead atoms. The molecule has 1 aliphatic heterocycles. The standard InChI is InChI=1S/C17H20N4O2/c1-2-23-14-7-5-13(6-8-14)19-16(22)15-9-10-18-17(20-15)21-11-3-4-12-21/h5-10H,2-4,11-12H2,1H3,(H,19,22). The summed E-state index contributed by atoms with van der Waals surface area (Å²) in [6, 6.07) is 8.91. The van der Waals surface area contributed by atoms with E-state index in [1.807, 2.05) is 31.2 Å². The van der Waals surface area contributed by atoms with Gasteiger partial charge in [-0.1, -0.05) is 0 Å². The van der Waals surface area contributed by atoms with E-state index in [0.29, 0.717) is 23.9 Å². The molecule has 1 aliphatic rings. The Balaban J connectivity index is 1.69. The zero-order chi connectivity index (χ0) is 16.1. The Bertz CT molecular complexity index is 667. The van der Waals surface area contributed by atoms with Crippen LogP contribution in [0.5, 0.6) is 5.75 Å². The highest BCUT2D eigenvalue weighted by atomic mass is 16.5. The largest absolute Gasteiger partial charge is 0.494 e. The second-order valence-electron chi connectivity index (χ2n) is 5.35. The average molecular weight is 312 g/mol. The van der Waals surface area contributed by atoms with Crippen LogP contribution in [-0.2, 0) is 0 Å². The third kappa shape index (κ3) is 3.77. The van der Waals surface area contributed by atoms with Gasteiger partial charge in [-0.25, -0.2) is 9.97 Å². The van der Waals surface area contributed by atoms with Gasteiger partial charge in [0.05, 0.1) is 6.61 Å². The summed E-state index contributed by atoms with van der Waals surface area (Å²) in [4.78, 5) is 23.1. The van der Waals surface area contributed by atoms with E-state index >= 15 is 0 Å². The van der Waals surface area contributed by atoms with Crippen LogP contribution < -0.4 is 15.0 Å². The molecule has 1 saturated heterocycles. The van der Waals surface area contributed by atoms with Gasteiger partial charge in [-0.15, -0.1) is 0 Å². The van der Waals surface area contributed by atoms with E-state index < -0.39 is 0 Å². The molecule has 1 aromatic heterocycles. The number of rotatable bonds is 5. The molecular formula is C17H20N4O2. The number of anilines is 2. The van der Waals surface area contributed by atoms with E-state index in [1.165, 1.54) is 0 Å². The van der Waals surface area contributed by atoms with Crippen molar-refractivity contribution >= 4 is 17.5 Å². The first-order chi connectivity index (χ1) is 11.3. The Kier molecular flexibility index (Phi) is 4.71. The van der Waals surface area contributed by atoms with Crippen molar-refractivity contribution in [3.63, 3.8) is 0 Å². The summed E-state index contributed by atoms with van der Waals surface area (Å²) in [7, 11) is 0. The predicted molar refractivity (Wildman–Crippen MR) is 89.0 cm³/mol. The first-order valence-corrected chi connectivity index (χ1v) is 7.88. The van der Waals surface area contributed by atoms with Crippen molar-refractivity contribution in [2.75, 3.05) is 29.9 Å². The molecule has 0 unspecified atom stereocenters. The van der Waals surface area contributed by atoms with Gasteiger partial charge in [-0.05, 0) is 50.1 Å². The van der Waals surface area contributed by atoms with Gasteiger partial charge in [0, 0.05) is 25.0 Å². The summed E-state index contributed by atoms with van der Waals surface area (Å²) in [5, 5.41) is 2.84. The lowest BCUT2D eigenvalue weighted by molar-refractivity contribution is 0.102. The van der Waals surface area contributed by atoms with Gasteiger partial charge in [-0.3, -0.25) is 4.79 Å². The minimum atomic E-state index is -0.239. The van der Waals surface area contributed by atoms with Gasteiger partial charge in [0.2, 0.25) is 5.95 Å². The monoisotopic (exact) mass is 312 g/mol. The molecule has 0 aliphatic carbocycles. The molecule has 0 radical (unpaired) electrons. The zero-order valence-corrected chi connectivity index (χ0v) is 13.2. The van der Waals surface area contributed by atoms with Crippen LogP contribution in [0.25, 0.3) is 0 Å². The Morgan fingerprint density at radius 2 is 1.96 bits per heavy atom. The summed E-state index contributed by atoms with van der Waals surface area (Å²) >= 11 is 0. The Morgan fingerprint density at radius 1 is 1.22 bits per heavy atom. The number of carbonyl (C=O) groups is 1. The van der Waals surface area contributed by atoms with Crippen molar-refractivity contribution < 1.29 is 9.53 Å². The second-order valence-corrected chi connectivity index (χ2v) is 5.35. The molecule has 1 amide bonds. The van der Waals surface area contributed by atoms with Crippen LogP contribution in [0.2, 0.25) is 0 Å². The highest BCUT2D eigenvalue weighted by Gasteiger charge is 2.17. The fourth-order valence-electron chi connectivity index (χ4n) is 2.54. The second kappa shape index (κ2) is 7.09. The number of hydrogen-bond acceptors (Lipinski definition) is 5. The Labute approximate surface area is 135 Å². The Morgan fingerprint density at radius 3 is 2.65 bits per heavy atom. The van der Waals surface area contributed by atoms with Gasteiger partial charge in [0.1, 0.15) is 11.4 Å². The topological polar surface area (TPSA) is 67.3 Å². The molecule has 1 N–H and O–H groups in total. The molecule has 0 spiro atoms. The fraction of sp³-hybridized carbons (Fsp3) is 0.353. The first-order valence-electron chi connectivity index (χ1n) is 7.88. The lowest BCUT2D eigenvalue weighted by atomic mass is 10.3. The molecule has 0 atom stereocenters. The third-order valence-corrected chi connectivity index (χ3v) is 3.69. The van der Waals surface area contributed by atoms with Gasteiger partial charge in [0.15, 0.2) is 0 Å². The van der Waals surface area contributed by atoms with Crippen LogP contribution in [0.3, 0.4) is 0 Å². The number of aromatic nitrogens is 2. The predicted octanol–water partition coefficient (Wildman–Crippen LogP) is 2.73. The van der Waals surface area contributed by atoms with Crippen LogP contribution in [0, 0.1) is 0 Å². The minimum Gasteiger partial charge on any atom is -0.494 e. The van der Waals surface area contributed by atoms with E-state index in [0.717, 1.165) is 31.7 Å². The van der Waals surface area contributed by atoms with Crippen LogP contribution in [0.15, 0.2) is 36.5 Å². The summed E-state index contributed by atoms with van der Waals surface area (Å²) in [5.41, 5.74) is 1.08. The molecule has 2 aromatic rings. The minimum absolute atomic E-state index is 0.239. The molecule has 1 aromatic carbocycles. The van der Waals surface area contributed by atoms with Crippen LogP contribution in [0.4, 0.5) is 11.6 Å². The number of ether oxygens (including phenoxy) is 1. The quantitative estimate of drug-likeness (QED) is 0.919. The van der Waals surface area contributed by atoms with Crippen molar-refractivity contribution in [2.45, 2.75) is 19.8 Å². The molecule has 120 valence electrons. The van der Waals surface area contributed by atoms with Crippen LogP contribution in [0.1, 0.15) is 30.3 Å². The summed E-state index contributed by atoms with van der Waals surface area (Å²) < 4.78 is 5.38. The van der Waals surface area contributed by atoms with E-state index in [9.17, 15) is 4.79 Å². The Hall–Kier alpha value is -2.63. The van der Waals surface area contributed by atoms with Crippen molar-refractivity contribution in [1.29, 1.82) is 0 Å². The summed E-state index contributed by atoms with van der Waals surface area (Å²) in [5.74, 6) is 1.17. The SMILES string of the molecule is CCOc1ccc(NC(=O)c2ccnc(N3CCCC3)n2)cc1. The van der Waals surface area contributed by atoms with Crippen molar-refractivity contribution in [1.82, 2.24) is 9.97 Å².